The smallest absolute Gasteiger partial charge is 0.341 e. The predicted octanol–water partition coefficient (Wildman–Crippen LogP) is 2.21. The van der Waals surface area contributed by atoms with E-state index in [-0.39, 0.29) is 12.2 Å². The molecule has 0 bridgehead atoms. The zero-order valence-corrected chi connectivity index (χ0v) is 10.3. The molecule has 0 aliphatic heterocycles. The number of hydrogen-bond donors (Lipinski definition) is 1. The van der Waals surface area contributed by atoms with Gasteiger partial charge in [-0.1, -0.05) is 12.1 Å². The fraction of sp³-hybridized carbons (Fsp3) is 0.308. The molecule has 92 valence electrons. The van der Waals surface area contributed by atoms with Gasteiger partial charge in [0, 0.05) is 19.8 Å². The minimum Gasteiger partial charge on any atom is -0.515 e. The molecule has 1 aromatic rings. The third-order valence-corrected chi connectivity index (χ3v) is 2.32. The lowest BCUT2D eigenvalue weighted by molar-refractivity contribution is -0.136. The number of carbonyl (C=O) groups excluding carboxylic acids is 1. The molecule has 0 aromatic heterocycles. The Bertz CT molecular complexity index is 407. The molecule has 1 rings (SSSR count). The van der Waals surface area contributed by atoms with Crippen molar-refractivity contribution in [2.75, 3.05) is 25.6 Å². The van der Waals surface area contributed by atoms with Crippen LogP contribution in [-0.2, 0) is 9.53 Å². The first-order valence-corrected chi connectivity index (χ1v) is 5.39. The van der Waals surface area contributed by atoms with Crippen LogP contribution in [0, 0.1) is 0 Å². The highest BCUT2D eigenvalue weighted by Gasteiger charge is 2.13. The maximum absolute atomic E-state index is 11.5. The Labute approximate surface area is 101 Å². The lowest BCUT2D eigenvalue weighted by Crippen LogP contribution is -2.09. The predicted molar refractivity (Wildman–Crippen MR) is 68.0 cm³/mol. The van der Waals surface area contributed by atoms with E-state index in [9.17, 15) is 4.79 Å². The normalized spacial score (nSPS) is 11.1. The van der Waals surface area contributed by atoms with E-state index in [1.807, 2.05) is 31.1 Å². The van der Waals surface area contributed by atoms with Crippen LogP contribution in [0.25, 0.3) is 5.57 Å². The Kier molecular flexibility index (Phi) is 4.57. The maximum atomic E-state index is 11.5. The Morgan fingerprint density at radius 1 is 1.35 bits per heavy atom. The molecular weight excluding hydrogens is 218 g/mol. The molecule has 1 aromatic carbocycles. The molecular formula is C13H17NO3. The van der Waals surface area contributed by atoms with Gasteiger partial charge < -0.3 is 14.7 Å². The number of ether oxygens (including phenoxy) is 1. The van der Waals surface area contributed by atoms with Gasteiger partial charge in [0.25, 0.3) is 0 Å². The van der Waals surface area contributed by atoms with Crippen molar-refractivity contribution >= 4 is 17.2 Å². The van der Waals surface area contributed by atoms with Gasteiger partial charge in [-0.2, -0.15) is 0 Å². The van der Waals surface area contributed by atoms with Gasteiger partial charge in [0.2, 0.25) is 0 Å². The highest BCUT2D eigenvalue weighted by atomic mass is 16.5. The van der Waals surface area contributed by atoms with Gasteiger partial charge >= 0.3 is 5.97 Å². The van der Waals surface area contributed by atoms with Crippen molar-refractivity contribution in [1.82, 2.24) is 0 Å². The van der Waals surface area contributed by atoms with Crippen LogP contribution in [0.3, 0.4) is 0 Å². The maximum Gasteiger partial charge on any atom is 0.341 e. The van der Waals surface area contributed by atoms with Crippen LogP contribution in [0.5, 0.6) is 0 Å². The number of aliphatic hydroxyl groups is 1. The standard InChI is InChI=1S/C13H17NO3/c1-4-17-13(16)12(9-15)10-5-7-11(8-6-10)14(2)3/h5-9,15H,4H2,1-3H3/b12-9-. The van der Waals surface area contributed by atoms with E-state index in [0.717, 1.165) is 11.9 Å². The molecule has 0 saturated heterocycles. The monoisotopic (exact) mass is 235 g/mol. The second-order valence-electron chi connectivity index (χ2n) is 3.70. The Morgan fingerprint density at radius 3 is 2.35 bits per heavy atom. The summed E-state index contributed by atoms with van der Waals surface area (Å²) in [7, 11) is 3.87. The van der Waals surface area contributed by atoms with Crippen LogP contribution in [0.15, 0.2) is 30.5 Å². The summed E-state index contributed by atoms with van der Waals surface area (Å²) in [5.74, 6) is -0.521. The van der Waals surface area contributed by atoms with E-state index in [0.29, 0.717) is 5.56 Å². The zero-order valence-electron chi connectivity index (χ0n) is 10.3. The van der Waals surface area contributed by atoms with Crippen molar-refractivity contribution < 1.29 is 14.6 Å². The van der Waals surface area contributed by atoms with E-state index >= 15 is 0 Å². The largest absolute Gasteiger partial charge is 0.515 e. The number of benzene rings is 1. The summed E-state index contributed by atoms with van der Waals surface area (Å²) in [6, 6.07) is 7.29. The first-order valence-electron chi connectivity index (χ1n) is 5.39. The van der Waals surface area contributed by atoms with Gasteiger partial charge in [-0.25, -0.2) is 4.79 Å². The summed E-state index contributed by atoms with van der Waals surface area (Å²) in [4.78, 5) is 13.5. The summed E-state index contributed by atoms with van der Waals surface area (Å²) < 4.78 is 4.85. The first-order chi connectivity index (χ1) is 8.10. The number of esters is 1. The second kappa shape index (κ2) is 5.94. The number of anilines is 1. The number of aliphatic hydroxyl groups excluding tert-OH is 1. The molecule has 4 heteroatoms. The zero-order chi connectivity index (χ0) is 12.8. The van der Waals surface area contributed by atoms with Crippen molar-refractivity contribution in [3.8, 4) is 0 Å². The average Bonchev–Trinajstić information content (AvgIpc) is 2.31. The molecule has 4 nitrogen and oxygen atoms in total. The summed E-state index contributed by atoms with van der Waals surface area (Å²) in [6.45, 7) is 2.01. The summed E-state index contributed by atoms with van der Waals surface area (Å²) in [5, 5.41) is 9.08. The van der Waals surface area contributed by atoms with Crippen molar-refractivity contribution in [2.45, 2.75) is 6.92 Å². The molecule has 0 heterocycles. The Hall–Kier alpha value is -1.97. The van der Waals surface area contributed by atoms with E-state index in [2.05, 4.69) is 0 Å². The minimum atomic E-state index is -0.521. The highest BCUT2D eigenvalue weighted by Crippen LogP contribution is 2.19. The summed E-state index contributed by atoms with van der Waals surface area (Å²) in [5.41, 5.74) is 1.82. The molecule has 0 amide bonds. The summed E-state index contributed by atoms with van der Waals surface area (Å²) >= 11 is 0. The van der Waals surface area contributed by atoms with Crippen molar-refractivity contribution in [3.63, 3.8) is 0 Å². The Morgan fingerprint density at radius 2 is 1.94 bits per heavy atom. The van der Waals surface area contributed by atoms with Crippen LogP contribution in [0.4, 0.5) is 5.69 Å². The van der Waals surface area contributed by atoms with E-state index < -0.39 is 5.97 Å². The number of hydrogen-bond acceptors (Lipinski definition) is 4. The highest BCUT2D eigenvalue weighted by molar-refractivity contribution is 6.16. The summed E-state index contributed by atoms with van der Waals surface area (Å²) in [6.07, 6.45) is 0.780. The van der Waals surface area contributed by atoms with Gasteiger partial charge in [0.05, 0.1) is 12.9 Å². The first kappa shape index (κ1) is 13.1. The third kappa shape index (κ3) is 3.24. The molecule has 0 fully saturated rings. The van der Waals surface area contributed by atoms with E-state index in [1.54, 1.807) is 19.1 Å². The minimum absolute atomic E-state index is 0.164. The number of rotatable bonds is 4. The lowest BCUT2D eigenvalue weighted by Gasteiger charge is -2.13. The molecule has 0 aliphatic carbocycles. The topological polar surface area (TPSA) is 49.8 Å². The van der Waals surface area contributed by atoms with Crippen LogP contribution >= 0.6 is 0 Å². The third-order valence-electron chi connectivity index (χ3n) is 2.32. The molecule has 0 radical (unpaired) electrons. The van der Waals surface area contributed by atoms with Crippen LogP contribution in [0.1, 0.15) is 12.5 Å². The van der Waals surface area contributed by atoms with Crippen LogP contribution < -0.4 is 4.90 Å². The van der Waals surface area contributed by atoms with Crippen molar-refractivity contribution in [1.29, 1.82) is 0 Å². The van der Waals surface area contributed by atoms with Gasteiger partial charge in [0.1, 0.15) is 5.57 Å². The SMILES string of the molecule is CCOC(=O)/C(=C\O)c1ccc(N(C)C)cc1. The van der Waals surface area contributed by atoms with Crippen molar-refractivity contribution in [3.05, 3.63) is 36.1 Å². The fourth-order valence-electron chi connectivity index (χ4n) is 1.39. The average molecular weight is 235 g/mol. The molecule has 0 saturated carbocycles. The van der Waals surface area contributed by atoms with Crippen LogP contribution in [-0.4, -0.2) is 31.8 Å². The second-order valence-corrected chi connectivity index (χ2v) is 3.70. The van der Waals surface area contributed by atoms with Crippen LogP contribution in [0.2, 0.25) is 0 Å². The van der Waals surface area contributed by atoms with Crippen molar-refractivity contribution in [2.24, 2.45) is 0 Å². The van der Waals surface area contributed by atoms with Gasteiger partial charge in [-0.15, -0.1) is 0 Å². The van der Waals surface area contributed by atoms with Gasteiger partial charge in [0.15, 0.2) is 0 Å². The molecule has 17 heavy (non-hydrogen) atoms. The molecule has 0 aliphatic rings. The molecule has 0 atom stereocenters. The molecule has 0 unspecified atom stereocenters. The fourth-order valence-corrected chi connectivity index (χ4v) is 1.39. The molecule has 0 spiro atoms. The van der Waals surface area contributed by atoms with E-state index in [4.69, 9.17) is 9.84 Å². The number of carbonyl (C=O) groups is 1. The quantitative estimate of drug-likeness (QED) is 0.494. The molecule has 1 N–H and O–H groups in total. The number of nitrogens with zero attached hydrogens (tertiary/aromatic N) is 1. The van der Waals surface area contributed by atoms with Gasteiger partial charge in [-0.05, 0) is 24.6 Å². The van der Waals surface area contributed by atoms with Gasteiger partial charge in [-0.3, -0.25) is 0 Å². The lowest BCUT2D eigenvalue weighted by atomic mass is 10.1. The van der Waals surface area contributed by atoms with E-state index in [1.165, 1.54) is 0 Å². The Balaban J connectivity index is 2.94.